The van der Waals surface area contributed by atoms with Crippen LogP contribution in [0.1, 0.15) is 10.5 Å². The van der Waals surface area contributed by atoms with Crippen molar-refractivity contribution in [1.29, 1.82) is 0 Å². The molecule has 2 amide bonds. The molecular formula is C13H13ClN4O3. The van der Waals surface area contributed by atoms with Crippen LogP contribution in [-0.4, -0.2) is 28.9 Å². The molecule has 0 aliphatic rings. The number of anilines is 2. The first kappa shape index (κ1) is 14.9. The summed E-state index contributed by atoms with van der Waals surface area (Å²) in [6.07, 6.45) is 1.50. The first-order valence-corrected chi connectivity index (χ1v) is 6.33. The van der Waals surface area contributed by atoms with Crippen LogP contribution in [0.15, 0.2) is 30.5 Å². The quantitative estimate of drug-likeness (QED) is 0.853. The summed E-state index contributed by atoms with van der Waals surface area (Å²) in [7, 11) is 2.87. The highest BCUT2D eigenvalue weighted by atomic mass is 35.5. The van der Waals surface area contributed by atoms with Crippen molar-refractivity contribution in [2.24, 2.45) is 7.05 Å². The highest BCUT2D eigenvalue weighted by Crippen LogP contribution is 2.21. The molecule has 21 heavy (non-hydrogen) atoms. The number of hydrogen-bond acceptors (Lipinski definition) is 4. The Morgan fingerprint density at radius 3 is 2.57 bits per heavy atom. The molecule has 0 aliphatic carbocycles. The van der Waals surface area contributed by atoms with Gasteiger partial charge in [-0.2, -0.15) is 5.10 Å². The fourth-order valence-corrected chi connectivity index (χ4v) is 1.85. The predicted molar refractivity (Wildman–Crippen MR) is 78.6 cm³/mol. The lowest BCUT2D eigenvalue weighted by molar-refractivity contribution is 0.0594. The van der Waals surface area contributed by atoms with Gasteiger partial charge < -0.3 is 15.4 Å². The van der Waals surface area contributed by atoms with Crippen molar-refractivity contribution in [3.8, 4) is 0 Å². The van der Waals surface area contributed by atoms with Crippen LogP contribution in [0.4, 0.5) is 16.2 Å². The molecule has 1 heterocycles. The van der Waals surface area contributed by atoms with Gasteiger partial charge >= 0.3 is 12.0 Å². The molecule has 2 aromatic rings. The number of halogens is 1. The van der Waals surface area contributed by atoms with Crippen LogP contribution in [0.2, 0.25) is 5.02 Å². The van der Waals surface area contributed by atoms with Crippen LogP contribution in [-0.2, 0) is 11.8 Å². The van der Waals surface area contributed by atoms with Gasteiger partial charge in [-0.1, -0.05) is 23.7 Å². The largest absolute Gasteiger partial charge is 0.464 e. The second-order valence-electron chi connectivity index (χ2n) is 4.12. The van der Waals surface area contributed by atoms with Crippen molar-refractivity contribution < 1.29 is 14.3 Å². The average molecular weight is 309 g/mol. The molecule has 1 aromatic heterocycles. The molecule has 1 aromatic carbocycles. The second-order valence-corrected chi connectivity index (χ2v) is 4.52. The molecule has 2 N–H and O–H groups in total. The van der Waals surface area contributed by atoms with Crippen LogP contribution >= 0.6 is 11.6 Å². The van der Waals surface area contributed by atoms with Gasteiger partial charge in [0.2, 0.25) is 0 Å². The Labute approximate surface area is 125 Å². The van der Waals surface area contributed by atoms with E-state index in [9.17, 15) is 9.59 Å². The summed E-state index contributed by atoms with van der Waals surface area (Å²) in [6, 6.07) is 6.27. The molecule has 8 heteroatoms. The smallest absolute Gasteiger partial charge is 0.360 e. The number of methoxy groups -OCH3 is 1. The lowest BCUT2D eigenvalue weighted by Gasteiger charge is -2.08. The van der Waals surface area contributed by atoms with Gasteiger partial charge in [-0.05, 0) is 12.1 Å². The topological polar surface area (TPSA) is 85.2 Å². The number of carbonyl (C=O) groups excluding carboxylic acids is 2. The van der Waals surface area contributed by atoms with Gasteiger partial charge in [-0.15, -0.1) is 0 Å². The van der Waals surface area contributed by atoms with Gasteiger partial charge in [-0.3, -0.25) is 4.68 Å². The summed E-state index contributed by atoms with van der Waals surface area (Å²) in [5, 5.41) is 9.45. The van der Waals surface area contributed by atoms with Gasteiger partial charge in [0.05, 0.1) is 23.5 Å². The number of benzene rings is 1. The van der Waals surface area contributed by atoms with Crippen LogP contribution in [0.25, 0.3) is 0 Å². The van der Waals surface area contributed by atoms with Gasteiger partial charge in [-0.25, -0.2) is 9.59 Å². The maximum atomic E-state index is 11.9. The number of para-hydroxylation sites is 1. The number of nitrogens with zero attached hydrogens (tertiary/aromatic N) is 2. The fraction of sp³-hybridized carbons (Fsp3) is 0.154. The number of hydrogen-bond donors (Lipinski definition) is 2. The Balaban J connectivity index is 2.13. The van der Waals surface area contributed by atoms with Gasteiger partial charge in [0.15, 0.2) is 5.69 Å². The summed E-state index contributed by atoms with van der Waals surface area (Å²) in [5.41, 5.74) is 0.725. The standard InChI is InChI=1S/C13H13ClN4O3/c1-18-7-10(11(17-18)12(19)21-2)16-13(20)15-9-6-4-3-5-8(9)14/h3-7H,1-2H3,(H2,15,16,20). The number of nitrogens with one attached hydrogen (secondary N) is 2. The molecule has 0 unspecified atom stereocenters. The van der Waals surface area contributed by atoms with Crippen LogP contribution in [0.3, 0.4) is 0 Å². The van der Waals surface area contributed by atoms with E-state index in [1.54, 1.807) is 31.3 Å². The van der Waals surface area contributed by atoms with Crippen molar-refractivity contribution in [1.82, 2.24) is 9.78 Å². The van der Waals surface area contributed by atoms with Crippen molar-refractivity contribution in [2.45, 2.75) is 0 Å². The normalized spacial score (nSPS) is 10.0. The van der Waals surface area contributed by atoms with Crippen molar-refractivity contribution in [2.75, 3.05) is 17.7 Å². The van der Waals surface area contributed by atoms with E-state index in [4.69, 9.17) is 11.6 Å². The van der Waals surface area contributed by atoms with E-state index < -0.39 is 12.0 Å². The van der Waals surface area contributed by atoms with E-state index in [0.29, 0.717) is 10.7 Å². The highest BCUT2D eigenvalue weighted by molar-refractivity contribution is 6.33. The van der Waals surface area contributed by atoms with E-state index >= 15 is 0 Å². The first-order chi connectivity index (χ1) is 10.0. The third kappa shape index (κ3) is 3.51. The number of rotatable bonds is 3. The van der Waals surface area contributed by atoms with E-state index in [2.05, 4.69) is 20.5 Å². The van der Waals surface area contributed by atoms with Crippen LogP contribution in [0.5, 0.6) is 0 Å². The van der Waals surface area contributed by atoms with Crippen LogP contribution < -0.4 is 10.6 Å². The van der Waals surface area contributed by atoms with Crippen LogP contribution in [0, 0.1) is 0 Å². The van der Waals surface area contributed by atoms with Gasteiger partial charge in [0, 0.05) is 13.2 Å². The average Bonchev–Trinajstić information content (AvgIpc) is 2.81. The number of ether oxygens (including phenoxy) is 1. The summed E-state index contributed by atoms with van der Waals surface area (Å²) < 4.78 is 6.00. The third-order valence-corrected chi connectivity index (χ3v) is 2.91. The predicted octanol–water partition coefficient (Wildman–Crippen LogP) is 2.50. The summed E-state index contributed by atoms with van der Waals surface area (Å²) >= 11 is 5.95. The highest BCUT2D eigenvalue weighted by Gasteiger charge is 2.18. The lowest BCUT2D eigenvalue weighted by atomic mass is 10.3. The Bertz CT molecular complexity index is 684. The van der Waals surface area contributed by atoms with Gasteiger partial charge in [0.1, 0.15) is 0 Å². The zero-order valence-electron chi connectivity index (χ0n) is 11.4. The molecule has 0 radical (unpaired) electrons. The van der Waals surface area contributed by atoms with E-state index in [1.165, 1.54) is 18.0 Å². The number of urea groups is 1. The molecule has 7 nitrogen and oxygen atoms in total. The maximum Gasteiger partial charge on any atom is 0.360 e. The van der Waals surface area contributed by atoms with E-state index in [-0.39, 0.29) is 11.4 Å². The minimum atomic E-state index is -0.636. The zero-order valence-corrected chi connectivity index (χ0v) is 12.1. The number of amides is 2. The molecule has 0 saturated carbocycles. The summed E-state index contributed by atoms with van der Waals surface area (Å²) in [5.74, 6) is -0.636. The second kappa shape index (κ2) is 6.27. The molecule has 0 saturated heterocycles. The number of esters is 1. The first-order valence-electron chi connectivity index (χ1n) is 5.95. The molecular weight excluding hydrogens is 296 g/mol. The molecule has 0 atom stereocenters. The summed E-state index contributed by atoms with van der Waals surface area (Å²) in [4.78, 5) is 23.5. The lowest BCUT2D eigenvalue weighted by Crippen LogP contribution is -2.21. The third-order valence-electron chi connectivity index (χ3n) is 2.58. The van der Waals surface area contributed by atoms with Crippen molar-refractivity contribution in [3.05, 3.63) is 41.2 Å². The molecule has 0 fully saturated rings. The number of aryl methyl sites for hydroxylation is 1. The molecule has 0 spiro atoms. The van der Waals surface area contributed by atoms with E-state index in [0.717, 1.165) is 0 Å². The number of carbonyl (C=O) groups is 2. The van der Waals surface area contributed by atoms with E-state index in [1.807, 2.05) is 0 Å². The molecule has 110 valence electrons. The fourth-order valence-electron chi connectivity index (χ4n) is 1.67. The molecule has 2 rings (SSSR count). The Morgan fingerprint density at radius 2 is 1.90 bits per heavy atom. The zero-order chi connectivity index (χ0) is 15.4. The van der Waals surface area contributed by atoms with Crippen molar-refractivity contribution >= 4 is 35.0 Å². The Kier molecular flexibility index (Phi) is 4.44. The number of aromatic nitrogens is 2. The Hall–Kier alpha value is -2.54. The SMILES string of the molecule is COC(=O)c1nn(C)cc1NC(=O)Nc1ccccc1Cl. The minimum absolute atomic E-state index is 0.0225. The summed E-state index contributed by atoms with van der Waals surface area (Å²) in [6.45, 7) is 0. The van der Waals surface area contributed by atoms with Crippen molar-refractivity contribution in [3.63, 3.8) is 0 Å². The maximum absolute atomic E-state index is 11.9. The Morgan fingerprint density at radius 1 is 1.24 bits per heavy atom. The van der Waals surface area contributed by atoms with Gasteiger partial charge in [0.25, 0.3) is 0 Å². The molecule has 0 aliphatic heterocycles. The minimum Gasteiger partial charge on any atom is -0.464 e. The monoisotopic (exact) mass is 308 g/mol. The molecule has 0 bridgehead atoms.